The number of nitrogens with zero attached hydrogens (tertiary/aromatic N) is 1. The summed E-state index contributed by atoms with van der Waals surface area (Å²) in [5, 5.41) is 6.40. The molecule has 0 unspecified atom stereocenters. The first kappa shape index (κ1) is 7.79. The number of nitrogens with two attached hydrogens (primary N) is 1. The molecule has 66 valence electrons. The van der Waals surface area contributed by atoms with E-state index in [0.717, 1.165) is 0 Å². The van der Waals surface area contributed by atoms with E-state index in [0.29, 0.717) is 16.9 Å². The van der Waals surface area contributed by atoms with Gasteiger partial charge in [0.1, 0.15) is 5.82 Å². The number of benzene rings is 1. The maximum Gasteiger partial charge on any atom is 0.134 e. The molecule has 0 aliphatic heterocycles. The van der Waals surface area contributed by atoms with Gasteiger partial charge in [0.15, 0.2) is 0 Å². The minimum atomic E-state index is -0.343. The molecular formula is C9H8FN3. The number of nitrogen functional groups attached to an aromatic ring is 1. The van der Waals surface area contributed by atoms with Gasteiger partial charge in [-0.1, -0.05) is 6.07 Å². The van der Waals surface area contributed by atoms with E-state index in [4.69, 9.17) is 5.73 Å². The number of rotatable bonds is 1. The van der Waals surface area contributed by atoms with Crippen molar-refractivity contribution in [3.63, 3.8) is 0 Å². The van der Waals surface area contributed by atoms with Gasteiger partial charge in [0.25, 0.3) is 0 Å². The predicted octanol–water partition coefficient (Wildman–Crippen LogP) is 1.80. The van der Waals surface area contributed by atoms with Crippen molar-refractivity contribution in [2.45, 2.75) is 0 Å². The lowest BCUT2D eigenvalue weighted by atomic mass is 10.1. The first-order valence-electron chi connectivity index (χ1n) is 3.83. The summed E-state index contributed by atoms with van der Waals surface area (Å²) in [4.78, 5) is 0. The van der Waals surface area contributed by atoms with Crippen LogP contribution in [0, 0.1) is 5.82 Å². The average Bonchev–Trinajstić information content (AvgIpc) is 2.57. The summed E-state index contributed by atoms with van der Waals surface area (Å²) in [6.45, 7) is 0. The summed E-state index contributed by atoms with van der Waals surface area (Å²) in [5.74, 6) is -0.343. The lowest BCUT2D eigenvalue weighted by Crippen LogP contribution is -1.93. The highest BCUT2D eigenvalue weighted by Crippen LogP contribution is 2.26. The Morgan fingerprint density at radius 2 is 2.15 bits per heavy atom. The number of anilines is 1. The number of H-pyrrole nitrogens is 1. The van der Waals surface area contributed by atoms with E-state index >= 15 is 0 Å². The summed E-state index contributed by atoms with van der Waals surface area (Å²) < 4.78 is 13.3. The van der Waals surface area contributed by atoms with Gasteiger partial charge >= 0.3 is 0 Å². The largest absolute Gasteiger partial charge is 0.398 e. The van der Waals surface area contributed by atoms with Crippen molar-refractivity contribution in [3.8, 4) is 11.3 Å². The van der Waals surface area contributed by atoms with E-state index in [1.807, 2.05) is 0 Å². The molecule has 0 spiro atoms. The second kappa shape index (κ2) is 2.90. The van der Waals surface area contributed by atoms with Crippen molar-refractivity contribution in [2.24, 2.45) is 0 Å². The Balaban J connectivity index is 2.64. The zero-order valence-corrected chi connectivity index (χ0v) is 6.79. The molecule has 13 heavy (non-hydrogen) atoms. The molecule has 2 rings (SSSR count). The van der Waals surface area contributed by atoms with Crippen LogP contribution >= 0.6 is 0 Å². The Hall–Kier alpha value is -1.84. The van der Waals surface area contributed by atoms with Crippen LogP contribution in [0.3, 0.4) is 0 Å². The van der Waals surface area contributed by atoms with E-state index in [2.05, 4.69) is 10.2 Å². The highest BCUT2D eigenvalue weighted by atomic mass is 19.1. The summed E-state index contributed by atoms with van der Waals surface area (Å²) in [7, 11) is 0. The zero-order valence-electron chi connectivity index (χ0n) is 6.79. The Bertz CT molecular complexity index is 389. The minimum absolute atomic E-state index is 0.343. The third-order valence-corrected chi connectivity index (χ3v) is 1.82. The molecule has 1 heterocycles. The van der Waals surface area contributed by atoms with Crippen molar-refractivity contribution in [3.05, 3.63) is 36.3 Å². The van der Waals surface area contributed by atoms with E-state index in [1.165, 1.54) is 6.07 Å². The van der Waals surface area contributed by atoms with Gasteiger partial charge in [0.2, 0.25) is 0 Å². The maximum absolute atomic E-state index is 13.3. The second-order valence-corrected chi connectivity index (χ2v) is 2.67. The fourth-order valence-corrected chi connectivity index (χ4v) is 1.22. The number of hydrogen-bond acceptors (Lipinski definition) is 2. The Kier molecular flexibility index (Phi) is 1.73. The molecule has 0 saturated carbocycles. The van der Waals surface area contributed by atoms with Crippen LogP contribution in [0.4, 0.5) is 10.1 Å². The molecule has 1 aromatic heterocycles. The molecule has 0 bridgehead atoms. The normalized spacial score (nSPS) is 10.2. The summed E-state index contributed by atoms with van der Waals surface area (Å²) in [6, 6.07) is 6.27. The van der Waals surface area contributed by atoms with Crippen LogP contribution in [-0.4, -0.2) is 10.2 Å². The van der Waals surface area contributed by atoms with Gasteiger partial charge < -0.3 is 5.73 Å². The molecule has 3 N–H and O–H groups in total. The third kappa shape index (κ3) is 1.26. The molecule has 0 fully saturated rings. The minimum Gasteiger partial charge on any atom is -0.398 e. The molecule has 0 aliphatic rings. The van der Waals surface area contributed by atoms with Gasteiger partial charge in [-0.15, -0.1) is 0 Å². The number of halogens is 1. The van der Waals surface area contributed by atoms with E-state index in [1.54, 1.807) is 24.4 Å². The first-order valence-corrected chi connectivity index (χ1v) is 3.83. The summed E-state index contributed by atoms with van der Waals surface area (Å²) in [6.07, 6.45) is 1.56. The summed E-state index contributed by atoms with van der Waals surface area (Å²) in [5.41, 5.74) is 7.00. The Labute approximate surface area is 74.4 Å². The molecule has 3 nitrogen and oxygen atoms in total. The molecule has 0 atom stereocenters. The number of aromatic nitrogens is 2. The number of aromatic amines is 1. The lowest BCUT2D eigenvalue weighted by molar-refractivity contribution is 0.631. The number of hydrogen-bond donors (Lipinski definition) is 2. The molecule has 0 saturated heterocycles. The van der Waals surface area contributed by atoms with Crippen LogP contribution in [0.25, 0.3) is 11.3 Å². The standard InChI is InChI=1S/C9H8FN3/c10-6-2-1-3-7(11)9(6)8-4-5-12-13-8/h1-5H,11H2,(H,12,13). The summed E-state index contributed by atoms with van der Waals surface area (Å²) >= 11 is 0. The van der Waals surface area contributed by atoms with Crippen LogP contribution < -0.4 is 5.73 Å². The van der Waals surface area contributed by atoms with Crippen molar-refractivity contribution in [1.29, 1.82) is 0 Å². The lowest BCUT2D eigenvalue weighted by Gasteiger charge is -2.03. The molecule has 0 aliphatic carbocycles. The molecule has 1 aromatic carbocycles. The fraction of sp³-hybridized carbons (Fsp3) is 0. The van der Waals surface area contributed by atoms with Gasteiger partial charge in [0.05, 0.1) is 11.3 Å². The van der Waals surface area contributed by atoms with Crippen LogP contribution in [-0.2, 0) is 0 Å². The number of nitrogens with one attached hydrogen (secondary N) is 1. The van der Waals surface area contributed by atoms with Crippen molar-refractivity contribution in [1.82, 2.24) is 10.2 Å². The molecule has 4 heteroatoms. The highest BCUT2D eigenvalue weighted by molar-refractivity contribution is 5.73. The SMILES string of the molecule is Nc1cccc(F)c1-c1ccn[nH]1. The van der Waals surface area contributed by atoms with Crippen LogP contribution in [0.5, 0.6) is 0 Å². The fourth-order valence-electron chi connectivity index (χ4n) is 1.22. The maximum atomic E-state index is 13.3. The van der Waals surface area contributed by atoms with Gasteiger partial charge in [0, 0.05) is 11.9 Å². The second-order valence-electron chi connectivity index (χ2n) is 2.67. The average molecular weight is 177 g/mol. The molecular weight excluding hydrogens is 169 g/mol. The zero-order chi connectivity index (χ0) is 9.26. The third-order valence-electron chi connectivity index (χ3n) is 1.82. The van der Waals surface area contributed by atoms with Crippen molar-refractivity contribution < 1.29 is 4.39 Å². The van der Waals surface area contributed by atoms with Crippen LogP contribution in [0.15, 0.2) is 30.5 Å². The monoisotopic (exact) mass is 177 g/mol. The smallest absolute Gasteiger partial charge is 0.134 e. The van der Waals surface area contributed by atoms with Gasteiger partial charge in [-0.2, -0.15) is 5.10 Å². The Morgan fingerprint density at radius 3 is 2.77 bits per heavy atom. The van der Waals surface area contributed by atoms with E-state index in [-0.39, 0.29) is 5.82 Å². The van der Waals surface area contributed by atoms with Crippen molar-refractivity contribution in [2.75, 3.05) is 5.73 Å². The predicted molar refractivity (Wildman–Crippen MR) is 48.4 cm³/mol. The van der Waals surface area contributed by atoms with E-state index < -0.39 is 0 Å². The van der Waals surface area contributed by atoms with Crippen LogP contribution in [0.2, 0.25) is 0 Å². The van der Waals surface area contributed by atoms with Gasteiger partial charge in [-0.25, -0.2) is 4.39 Å². The van der Waals surface area contributed by atoms with Gasteiger partial charge in [-0.3, -0.25) is 5.10 Å². The van der Waals surface area contributed by atoms with Crippen LogP contribution in [0.1, 0.15) is 0 Å². The topological polar surface area (TPSA) is 54.7 Å². The van der Waals surface area contributed by atoms with Crippen molar-refractivity contribution >= 4 is 5.69 Å². The highest BCUT2D eigenvalue weighted by Gasteiger charge is 2.08. The first-order chi connectivity index (χ1) is 6.29. The molecule has 0 amide bonds. The van der Waals surface area contributed by atoms with E-state index in [9.17, 15) is 4.39 Å². The molecule has 2 aromatic rings. The quantitative estimate of drug-likeness (QED) is 0.652. The Morgan fingerprint density at radius 1 is 1.31 bits per heavy atom. The van der Waals surface area contributed by atoms with Gasteiger partial charge in [-0.05, 0) is 18.2 Å². The molecule has 0 radical (unpaired) electrons.